The van der Waals surface area contributed by atoms with Crippen molar-refractivity contribution in [1.29, 1.82) is 0 Å². The maximum Gasteiger partial charge on any atom is 0.248 e. The molecular formula is C31H36N2O5. The second-order valence-electron chi connectivity index (χ2n) is 8.70. The topological polar surface area (TPSA) is 91.1 Å². The van der Waals surface area contributed by atoms with Crippen LogP contribution in [-0.2, 0) is 19.1 Å². The number of primary amides is 1. The number of nitrogens with two attached hydrogens (primary N) is 1. The maximum absolute atomic E-state index is 12.2. The van der Waals surface area contributed by atoms with E-state index in [-0.39, 0.29) is 32.3 Å². The van der Waals surface area contributed by atoms with E-state index in [1.807, 2.05) is 24.3 Å². The highest BCUT2D eigenvalue weighted by Crippen LogP contribution is 2.34. The summed E-state index contributed by atoms with van der Waals surface area (Å²) < 4.78 is 16.2. The number of amides is 2. The molecule has 3 rings (SSSR count). The molecule has 0 bridgehead atoms. The molecule has 2 N–H and O–H groups in total. The second-order valence-corrected chi connectivity index (χ2v) is 8.70. The van der Waals surface area contributed by atoms with Crippen molar-refractivity contribution in [3.05, 3.63) is 102 Å². The standard InChI is InChI=1S/C31H36N2O5/c1-3-28(24-10-6-4-7-11-24)31(25-12-8-5-9-13-25)26-14-16-27(17-15-26)38-19-18-33(2)30(35)23-37-21-20-36-22-29(32)34/h4-17H,3,18-23H2,1-2H3,(H2,32,34)/b31-28-. The first-order valence-electron chi connectivity index (χ1n) is 12.7. The highest BCUT2D eigenvalue weighted by molar-refractivity contribution is 5.98. The number of carbonyl (C=O) groups is 2. The molecule has 7 heteroatoms. The smallest absolute Gasteiger partial charge is 0.248 e. The van der Waals surface area contributed by atoms with E-state index in [0.717, 1.165) is 17.7 Å². The summed E-state index contributed by atoms with van der Waals surface area (Å²) in [5.41, 5.74) is 11.0. The van der Waals surface area contributed by atoms with Gasteiger partial charge in [0.05, 0.1) is 19.8 Å². The van der Waals surface area contributed by atoms with Crippen molar-refractivity contribution in [2.45, 2.75) is 13.3 Å². The number of ether oxygens (including phenoxy) is 3. The fourth-order valence-electron chi connectivity index (χ4n) is 3.99. The molecule has 3 aromatic carbocycles. The fourth-order valence-corrected chi connectivity index (χ4v) is 3.99. The van der Waals surface area contributed by atoms with Gasteiger partial charge in [-0.2, -0.15) is 0 Å². The molecule has 7 nitrogen and oxygen atoms in total. The van der Waals surface area contributed by atoms with E-state index < -0.39 is 5.91 Å². The van der Waals surface area contributed by atoms with Crippen molar-refractivity contribution in [3.8, 4) is 5.75 Å². The molecule has 38 heavy (non-hydrogen) atoms. The number of hydrogen-bond acceptors (Lipinski definition) is 5. The molecule has 0 saturated heterocycles. The number of benzene rings is 3. The third-order valence-corrected chi connectivity index (χ3v) is 5.95. The Labute approximate surface area is 224 Å². The third kappa shape index (κ3) is 8.87. The maximum atomic E-state index is 12.2. The van der Waals surface area contributed by atoms with Crippen molar-refractivity contribution in [2.75, 3.05) is 46.6 Å². The molecule has 0 aliphatic heterocycles. The van der Waals surface area contributed by atoms with Gasteiger partial charge in [-0.1, -0.05) is 79.7 Å². The van der Waals surface area contributed by atoms with Crippen LogP contribution in [0.1, 0.15) is 30.0 Å². The van der Waals surface area contributed by atoms with Gasteiger partial charge in [0.25, 0.3) is 0 Å². The summed E-state index contributed by atoms with van der Waals surface area (Å²) in [4.78, 5) is 24.4. The second kappa shape index (κ2) is 15.3. The third-order valence-electron chi connectivity index (χ3n) is 5.95. The molecule has 0 aromatic heterocycles. The van der Waals surface area contributed by atoms with Crippen LogP contribution in [0.2, 0.25) is 0 Å². The Balaban J connectivity index is 1.58. The highest BCUT2D eigenvalue weighted by Gasteiger charge is 2.13. The molecule has 200 valence electrons. The van der Waals surface area contributed by atoms with Crippen LogP contribution >= 0.6 is 0 Å². The summed E-state index contributed by atoms with van der Waals surface area (Å²) in [5, 5.41) is 0. The largest absolute Gasteiger partial charge is 0.492 e. The van der Waals surface area contributed by atoms with Gasteiger partial charge in [-0.05, 0) is 46.4 Å². The zero-order chi connectivity index (χ0) is 27.2. The SMILES string of the molecule is CC/C(=C(\c1ccccc1)c1ccc(OCCN(C)C(=O)COCCOCC(N)=O)cc1)c1ccccc1. The number of nitrogens with zero attached hydrogens (tertiary/aromatic N) is 1. The first-order chi connectivity index (χ1) is 18.5. The van der Waals surface area contributed by atoms with Crippen molar-refractivity contribution >= 4 is 23.0 Å². The molecule has 0 aliphatic carbocycles. The molecule has 0 aliphatic rings. The van der Waals surface area contributed by atoms with Crippen LogP contribution in [0.5, 0.6) is 5.75 Å². The lowest BCUT2D eigenvalue weighted by atomic mass is 9.88. The number of carbonyl (C=O) groups excluding carboxylic acids is 2. The minimum Gasteiger partial charge on any atom is -0.492 e. The quantitative estimate of drug-likeness (QED) is 0.239. The van der Waals surface area contributed by atoms with E-state index in [9.17, 15) is 9.59 Å². The predicted octanol–water partition coefficient (Wildman–Crippen LogP) is 4.41. The van der Waals surface area contributed by atoms with Crippen LogP contribution in [0.25, 0.3) is 11.1 Å². The van der Waals surface area contributed by atoms with Crippen molar-refractivity contribution in [3.63, 3.8) is 0 Å². The van der Waals surface area contributed by atoms with Crippen LogP contribution in [0.3, 0.4) is 0 Å². The molecule has 2 amide bonds. The number of likely N-dealkylation sites (N-methyl/N-ethyl adjacent to an activating group) is 1. The summed E-state index contributed by atoms with van der Waals surface area (Å²) in [5.74, 6) is 0.0357. The van der Waals surface area contributed by atoms with E-state index >= 15 is 0 Å². The van der Waals surface area contributed by atoms with Crippen molar-refractivity contribution < 1.29 is 23.8 Å². The Bertz CT molecular complexity index is 1180. The summed E-state index contributed by atoms with van der Waals surface area (Å²) in [7, 11) is 1.70. The van der Waals surface area contributed by atoms with E-state index in [1.54, 1.807) is 11.9 Å². The van der Waals surface area contributed by atoms with Gasteiger partial charge in [-0.15, -0.1) is 0 Å². The zero-order valence-corrected chi connectivity index (χ0v) is 22.1. The van der Waals surface area contributed by atoms with E-state index in [1.165, 1.54) is 22.3 Å². The molecular weight excluding hydrogens is 480 g/mol. The van der Waals surface area contributed by atoms with Gasteiger partial charge < -0.3 is 24.8 Å². The fraction of sp³-hybridized carbons (Fsp3) is 0.290. The number of hydrogen-bond donors (Lipinski definition) is 1. The molecule has 0 fully saturated rings. The monoisotopic (exact) mass is 516 g/mol. The molecule has 0 atom stereocenters. The lowest BCUT2D eigenvalue weighted by Crippen LogP contribution is -2.34. The van der Waals surface area contributed by atoms with E-state index in [2.05, 4.69) is 67.6 Å². The van der Waals surface area contributed by atoms with E-state index in [0.29, 0.717) is 13.2 Å². The molecule has 0 unspecified atom stereocenters. The lowest BCUT2D eigenvalue weighted by Gasteiger charge is -2.18. The Morgan fingerprint density at radius 2 is 1.29 bits per heavy atom. The van der Waals surface area contributed by atoms with Crippen LogP contribution in [0.4, 0.5) is 0 Å². The predicted molar refractivity (Wildman–Crippen MR) is 149 cm³/mol. The van der Waals surface area contributed by atoms with Crippen LogP contribution in [0, 0.1) is 0 Å². The molecule has 0 radical (unpaired) electrons. The zero-order valence-electron chi connectivity index (χ0n) is 22.1. The van der Waals surface area contributed by atoms with Gasteiger partial charge in [0, 0.05) is 7.05 Å². The molecule has 0 spiro atoms. The van der Waals surface area contributed by atoms with Crippen LogP contribution < -0.4 is 10.5 Å². The summed E-state index contributed by atoms with van der Waals surface area (Å²) in [6.45, 7) is 3.14. The minimum atomic E-state index is -0.540. The van der Waals surface area contributed by atoms with Gasteiger partial charge in [0.2, 0.25) is 11.8 Å². The Hall–Kier alpha value is -3.94. The normalized spacial score (nSPS) is 11.5. The Kier molecular flexibility index (Phi) is 11.6. The average molecular weight is 517 g/mol. The van der Waals surface area contributed by atoms with Gasteiger partial charge in [-0.25, -0.2) is 0 Å². The van der Waals surface area contributed by atoms with Gasteiger partial charge in [-0.3, -0.25) is 9.59 Å². The number of rotatable bonds is 15. The average Bonchev–Trinajstić information content (AvgIpc) is 2.94. The summed E-state index contributed by atoms with van der Waals surface area (Å²) in [6.07, 6.45) is 0.900. The van der Waals surface area contributed by atoms with Crippen LogP contribution in [0.15, 0.2) is 84.9 Å². The number of allylic oxidation sites excluding steroid dienone is 1. The molecule has 0 heterocycles. The minimum absolute atomic E-state index is 0.0685. The molecule has 3 aromatic rings. The lowest BCUT2D eigenvalue weighted by molar-refractivity contribution is -0.136. The first-order valence-corrected chi connectivity index (χ1v) is 12.7. The molecule has 0 saturated carbocycles. The van der Waals surface area contributed by atoms with Gasteiger partial charge >= 0.3 is 0 Å². The Morgan fingerprint density at radius 1 is 0.737 bits per heavy atom. The van der Waals surface area contributed by atoms with E-state index in [4.69, 9.17) is 19.9 Å². The Morgan fingerprint density at radius 3 is 1.87 bits per heavy atom. The first kappa shape index (κ1) is 28.6. The summed E-state index contributed by atoms with van der Waals surface area (Å²) >= 11 is 0. The van der Waals surface area contributed by atoms with Gasteiger partial charge in [0.1, 0.15) is 25.6 Å². The summed E-state index contributed by atoms with van der Waals surface area (Å²) in [6, 6.07) is 29.0. The highest BCUT2D eigenvalue weighted by atomic mass is 16.5. The van der Waals surface area contributed by atoms with Gasteiger partial charge in [0.15, 0.2) is 0 Å². The van der Waals surface area contributed by atoms with Crippen LogP contribution in [-0.4, -0.2) is 63.3 Å². The van der Waals surface area contributed by atoms with Crippen molar-refractivity contribution in [1.82, 2.24) is 4.90 Å². The van der Waals surface area contributed by atoms with Crippen molar-refractivity contribution in [2.24, 2.45) is 5.73 Å².